The van der Waals surface area contributed by atoms with E-state index < -0.39 is 0 Å². The Morgan fingerprint density at radius 1 is 1.18 bits per heavy atom. The lowest BCUT2D eigenvalue weighted by Gasteiger charge is -2.16. The lowest BCUT2D eigenvalue weighted by atomic mass is 9.92. The summed E-state index contributed by atoms with van der Waals surface area (Å²) in [6.45, 7) is 13.8. The molecule has 0 aromatic heterocycles. The zero-order valence-electron chi connectivity index (χ0n) is 17.8. The van der Waals surface area contributed by atoms with Gasteiger partial charge in [0.05, 0.1) is 12.2 Å². The third kappa shape index (κ3) is 6.68. The number of carbonyl (C=O) groups excluding carboxylic acids is 1. The molecule has 1 aromatic carbocycles. The topological polar surface area (TPSA) is 50.7 Å². The molecule has 0 aliphatic heterocycles. The zero-order chi connectivity index (χ0) is 21.1. The van der Waals surface area contributed by atoms with E-state index in [1.807, 2.05) is 58.9 Å². The van der Waals surface area contributed by atoms with Crippen LogP contribution in [-0.4, -0.2) is 18.7 Å². The molecule has 0 bridgehead atoms. The number of ether oxygens (including phenoxy) is 1. The summed E-state index contributed by atoms with van der Waals surface area (Å²) in [4.78, 5) is 17.5. The average Bonchev–Trinajstić information content (AvgIpc) is 2.65. The molecular formula is C24H30N2O2. The van der Waals surface area contributed by atoms with Gasteiger partial charge in [-0.05, 0) is 45.4 Å². The van der Waals surface area contributed by atoms with E-state index in [0.29, 0.717) is 23.4 Å². The standard InChI is InChI=1S/C24H30N2O2/c1-8-10-11-18(5)23(22(17(3)4)19(6)25-9-2)24(27)26-21-14-12-20(13-15-21)16-28-7/h9,12-15H,2,8,16H2,1,3-7H3,(H,26,27)/b23-18-,25-19?. The summed E-state index contributed by atoms with van der Waals surface area (Å²) in [6.07, 6.45) is 2.20. The van der Waals surface area contributed by atoms with Crippen LogP contribution in [0.25, 0.3) is 0 Å². The van der Waals surface area contributed by atoms with E-state index in [9.17, 15) is 4.79 Å². The van der Waals surface area contributed by atoms with Crippen LogP contribution in [-0.2, 0) is 16.1 Å². The molecule has 0 fully saturated rings. The highest BCUT2D eigenvalue weighted by Gasteiger charge is 2.21. The summed E-state index contributed by atoms with van der Waals surface area (Å²) in [6, 6.07) is 7.59. The first-order valence-corrected chi connectivity index (χ1v) is 9.28. The molecule has 0 radical (unpaired) electrons. The van der Waals surface area contributed by atoms with Crippen molar-refractivity contribution in [3.8, 4) is 11.8 Å². The highest BCUT2D eigenvalue weighted by molar-refractivity contribution is 6.18. The second-order valence-corrected chi connectivity index (χ2v) is 6.51. The molecule has 1 rings (SSSR count). The molecule has 0 spiro atoms. The van der Waals surface area contributed by atoms with Gasteiger partial charge in [0.2, 0.25) is 0 Å². The monoisotopic (exact) mass is 378 g/mol. The fourth-order valence-corrected chi connectivity index (χ4v) is 2.79. The highest BCUT2D eigenvalue weighted by Crippen LogP contribution is 2.23. The van der Waals surface area contributed by atoms with Crippen molar-refractivity contribution in [2.24, 2.45) is 4.99 Å². The number of allylic oxidation sites excluding steroid dienone is 2. The minimum absolute atomic E-state index is 0.211. The van der Waals surface area contributed by atoms with Gasteiger partial charge in [-0.3, -0.25) is 9.79 Å². The van der Waals surface area contributed by atoms with Crippen LogP contribution >= 0.6 is 0 Å². The van der Waals surface area contributed by atoms with Crippen molar-refractivity contribution in [1.82, 2.24) is 0 Å². The van der Waals surface area contributed by atoms with Gasteiger partial charge in [-0.2, -0.15) is 0 Å². The van der Waals surface area contributed by atoms with Crippen LogP contribution in [0.3, 0.4) is 0 Å². The van der Waals surface area contributed by atoms with E-state index in [1.165, 1.54) is 6.20 Å². The largest absolute Gasteiger partial charge is 0.380 e. The second kappa shape index (κ2) is 11.7. The van der Waals surface area contributed by atoms with E-state index in [2.05, 4.69) is 28.7 Å². The van der Waals surface area contributed by atoms with E-state index in [0.717, 1.165) is 28.8 Å². The molecule has 0 aliphatic carbocycles. The van der Waals surface area contributed by atoms with Crippen LogP contribution in [0.5, 0.6) is 0 Å². The Balaban J connectivity index is 3.39. The SMILES string of the molecule is C=CN=C(C)C(=C(C)C)/C(C(=O)Nc1ccc(COC)cc1)=C(\C)C#CCC. The number of nitrogens with zero attached hydrogens (tertiary/aromatic N) is 1. The highest BCUT2D eigenvalue weighted by atomic mass is 16.5. The van der Waals surface area contributed by atoms with Gasteiger partial charge in [0.25, 0.3) is 5.91 Å². The summed E-state index contributed by atoms with van der Waals surface area (Å²) in [7, 11) is 1.65. The summed E-state index contributed by atoms with van der Waals surface area (Å²) < 4.78 is 5.13. The molecule has 4 nitrogen and oxygen atoms in total. The number of benzene rings is 1. The van der Waals surface area contributed by atoms with Crippen molar-refractivity contribution in [3.63, 3.8) is 0 Å². The van der Waals surface area contributed by atoms with E-state index in [1.54, 1.807) is 7.11 Å². The minimum atomic E-state index is -0.211. The second-order valence-electron chi connectivity index (χ2n) is 6.51. The van der Waals surface area contributed by atoms with Crippen LogP contribution in [0, 0.1) is 11.8 Å². The summed E-state index contributed by atoms with van der Waals surface area (Å²) >= 11 is 0. The summed E-state index contributed by atoms with van der Waals surface area (Å²) in [5, 5.41) is 2.98. The molecule has 0 aliphatic rings. The minimum Gasteiger partial charge on any atom is -0.380 e. The Hall–Kier alpha value is -2.90. The molecule has 1 amide bonds. The number of hydrogen-bond donors (Lipinski definition) is 1. The molecule has 0 atom stereocenters. The van der Waals surface area contributed by atoms with Crippen molar-refractivity contribution in [3.05, 3.63) is 64.9 Å². The van der Waals surface area contributed by atoms with E-state index in [-0.39, 0.29) is 5.91 Å². The maximum absolute atomic E-state index is 13.2. The van der Waals surface area contributed by atoms with E-state index in [4.69, 9.17) is 4.74 Å². The average molecular weight is 379 g/mol. The van der Waals surface area contributed by atoms with Crippen molar-refractivity contribution in [2.45, 2.75) is 47.6 Å². The molecule has 0 saturated heterocycles. The third-order valence-corrected chi connectivity index (χ3v) is 3.97. The van der Waals surface area contributed by atoms with Crippen molar-refractivity contribution in [2.75, 3.05) is 12.4 Å². The molecule has 1 aromatic rings. The first-order valence-electron chi connectivity index (χ1n) is 9.28. The van der Waals surface area contributed by atoms with Gasteiger partial charge in [0.1, 0.15) is 0 Å². The predicted octanol–water partition coefficient (Wildman–Crippen LogP) is 5.44. The Morgan fingerprint density at radius 2 is 1.82 bits per heavy atom. The molecule has 0 unspecified atom stereocenters. The van der Waals surface area contributed by atoms with Crippen LogP contribution in [0.1, 0.15) is 46.6 Å². The lowest BCUT2D eigenvalue weighted by Crippen LogP contribution is -2.20. The summed E-state index contributed by atoms with van der Waals surface area (Å²) in [5.74, 6) is 5.93. The number of nitrogens with one attached hydrogen (secondary N) is 1. The predicted molar refractivity (Wildman–Crippen MR) is 118 cm³/mol. The molecule has 4 heteroatoms. The Bertz CT molecular complexity index is 856. The molecule has 1 N–H and O–H groups in total. The zero-order valence-corrected chi connectivity index (χ0v) is 17.8. The Labute approximate surface area is 169 Å². The van der Waals surface area contributed by atoms with Crippen molar-refractivity contribution in [1.29, 1.82) is 0 Å². The lowest BCUT2D eigenvalue weighted by molar-refractivity contribution is -0.112. The fraction of sp³-hybridized carbons (Fsp3) is 0.333. The van der Waals surface area contributed by atoms with Gasteiger partial charge in [-0.25, -0.2) is 0 Å². The van der Waals surface area contributed by atoms with Gasteiger partial charge < -0.3 is 10.1 Å². The van der Waals surface area contributed by atoms with Crippen LogP contribution in [0.15, 0.2) is 64.3 Å². The van der Waals surface area contributed by atoms with Crippen LogP contribution < -0.4 is 5.32 Å². The number of amides is 1. The van der Waals surface area contributed by atoms with Crippen LogP contribution in [0.2, 0.25) is 0 Å². The van der Waals surface area contributed by atoms with Crippen LogP contribution in [0.4, 0.5) is 5.69 Å². The van der Waals surface area contributed by atoms with Gasteiger partial charge in [0, 0.05) is 42.3 Å². The number of anilines is 1. The number of methoxy groups -OCH3 is 1. The Morgan fingerprint density at radius 3 is 2.32 bits per heavy atom. The van der Waals surface area contributed by atoms with Gasteiger partial charge >= 0.3 is 0 Å². The molecule has 0 saturated carbocycles. The summed E-state index contributed by atoms with van der Waals surface area (Å²) in [5.41, 5.74) is 5.51. The maximum atomic E-state index is 13.2. The van der Waals surface area contributed by atoms with Gasteiger partial charge in [0.15, 0.2) is 0 Å². The molecule has 0 heterocycles. The number of aliphatic imine (C=N–C) groups is 1. The van der Waals surface area contributed by atoms with Gasteiger partial charge in [-0.15, -0.1) is 0 Å². The quantitative estimate of drug-likeness (QED) is 0.297. The molecule has 28 heavy (non-hydrogen) atoms. The first-order chi connectivity index (χ1) is 13.3. The van der Waals surface area contributed by atoms with E-state index >= 15 is 0 Å². The molecular weight excluding hydrogens is 348 g/mol. The normalized spacial score (nSPS) is 11.7. The number of carbonyl (C=O) groups is 1. The smallest absolute Gasteiger partial charge is 0.257 e. The Kier molecular flexibility index (Phi) is 9.70. The fourth-order valence-electron chi connectivity index (χ4n) is 2.79. The maximum Gasteiger partial charge on any atom is 0.257 e. The number of hydrogen-bond acceptors (Lipinski definition) is 3. The number of rotatable bonds is 7. The first kappa shape index (κ1) is 23.1. The van der Waals surface area contributed by atoms with Crippen molar-refractivity contribution >= 4 is 17.3 Å². The third-order valence-electron chi connectivity index (χ3n) is 3.97. The van der Waals surface area contributed by atoms with Crippen molar-refractivity contribution < 1.29 is 9.53 Å². The van der Waals surface area contributed by atoms with Gasteiger partial charge in [-0.1, -0.05) is 43.0 Å². The molecule has 148 valence electrons.